The van der Waals surface area contributed by atoms with E-state index in [4.69, 9.17) is 11.5 Å². The van der Waals surface area contributed by atoms with E-state index in [1.54, 1.807) is 0 Å². The van der Waals surface area contributed by atoms with Crippen LogP contribution in [0.5, 0.6) is 0 Å². The Balaban J connectivity index is 0.000000403. The molecule has 0 fully saturated rings. The van der Waals surface area contributed by atoms with Gasteiger partial charge in [-0.15, -0.1) is 0 Å². The first-order chi connectivity index (χ1) is 10.00. The third-order valence-electron chi connectivity index (χ3n) is 2.34. The number of nitrogens with two attached hydrogens (primary N) is 2. The minimum atomic E-state index is -4.33. The average Bonchev–Trinajstić information content (AvgIpc) is 2.38. The Morgan fingerprint density at radius 2 is 0.826 bits per heavy atom. The van der Waals surface area contributed by atoms with Crippen LogP contribution in [0, 0.1) is 0 Å². The monoisotopic (exact) mass is 400 g/mol. The van der Waals surface area contributed by atoms with Crippen LogP contribution in [-0.2, 0) is 37.3 Å². The number of nitrogen functional groups attached to an aromatic ring is 2. The van der Waals surface area contributed by atoms with Crippen molar-refractivity contribution in [2.24, 2.45) is 0 Å². The fraction of sp³-hybridized carbons (Fsp3) is 0. The molecule has 126 valence electrons. The van der Waals surface area contributed by atoms with E-state index in [9.17, 15) is 25.9 Å². The molecule has 0 heterocycles. The van der Waals surface area contributed by atoms with Gasteiger partial charge >= 0.3 is 17.1 Å². The van der Waals surface area contributed by atoms with E-state index in [1.807, 2.05) is 0 Å². The Hall–Kier alpha value is -1.62. The Morgan fingerprint density at radius 3 is 1.00 bits per heavy atom. The number of hydrogen-bond acceptors (Lipinski definition) is 8. The van der Waals surface area contributed by atoms with E-state index < -0.39 is 20.2 Å². The quantitative estimate of drug-likeness (QED) is 0.414. The molecular formula is C12H12FeN2O6S2. The van der Waals surface area contributed by atoms with Gasteiger partial charge in [0, 0.05) is 11.4 Å². The third-order valence-corrected chi connectivity index (χ3v) is 4.04. The molecule has 0 unspecified atom stereocenters. The zero-order valence-electron chi connectivity index (χ0n) is 11.4. The van der Waals surface area contributed by atoms with Gasteiger partial charge < -0.3 is 20.6 Å². The maximum Gasteiger partial charge on any atom is 2.00 e. The first-order valence-corrected chi connectivity index (χ1v) is 8.44. The molecule has 2 rings (SSSR count). The molecule has 0 amide bonds. The molecule has 0 aliphatic heterocycles. The minimum absolute atomic E-state index is 0. The van der Waals surface area contributed by atoms with Crippen molar-refractivity contribution < 1.29 is 43.0 Å². The van der Waals surface area contributed by atoms with Gasteiger partial charge in [-0.1, -0.05) is 0 Å². The second-order valence-corrected chi connectivity index (χ2v) is 6.81. The SMILES string of the molecule is Nc1ccc(S(=O)(=O)[O-])cc1.Nc1ccc(S(=O)(=O)[O-])cc1.[Fe+2]. The molecule has 23 heavy (non-hydrogen) atoms. The topological polar surface area (TPSA) is 166 Å². The standard InChI is InChI=1S/2C6H7NO3S.Fe/c2*7-5-1-3-6(4-2-5)11(8,9)10;/h2*1-4H,7H2,(H,8,9,10);/q;;+2/p-2. The fourth-order valence-corrected chi connectivity index (χ4v) is 2.21. The van der Waals surface area contributed by atoms with Crippen molar-refractivity contribution in [2.45, 2.75) is 9.79 Å². The van der Waals surface area contributed by atoms with Crippen molar-refractivity contribution in [2.75, 3.05) is 11.5 Å². The second-order valence-electron chi connectivity index (χ2n) is 4.05. The molecule has 0 saturated heterocycles. The van der Waals surface area contributed by atoms with Crippen molar-refractivity contribution in [3.05, 3.63) is 48.5 Å². The molecule has 4 N–H and O–H groups in total. The van der Waals surface area contributed by atoms with Crippen LogP contribution in [0.4, 0.5) is 11.4 Å². The normalized spacial score (nSPS) is 10.9. The van der Waals surface area contributed by atoms with Crippen LogP contribution < -0.4 is 11.5 Å². The van der Waals surface area contributed by atoms with E-state index in [1.165, 1.54) is 48.5 Å². The van der Waals surface area contributed by atoms with Gasteiger partial charge in [-0.05, 0) is 48.5 Å². The molecule has 0 aliphatic rings. The molecule has 0 aliphatic carbocycles. The molecule has 0 bridgehead atoms. The van der Waals surface area contributed by atoms with Gasteiger partial charge in [0.05, 0.1) is 9.79 Å². The molecule has 0 saturated carbocycles. The van der Waals surface area contributed by atoms with Crippen LogP contribution in [0.15, 0.2) is 58.3 Å². The van der Waals surface area contributed by atoms with Crippen LogP contribution in [0.1, 0.15) is 0 Å². The van der Waals surface area contributed by atoms with Crippen LogP contribution in [-0.4, -0.2) is 25.9 Å². The summed E-state index contributed by atoms with van der Waals surface area (Å²) in [6.07, 6.45) is 0. The van der Waals surface area contributed by atoms with Crippen molar-refractivity contribution >= 4 is 31.6 Å². The summed E-state index contributed by atoms with van der Waals surface area (Å²) in [7, 11) is -8.65. The van der Waals surface area contributed by atoms with Gasteiger partial charge in [0.25, 0.3) is 0 Å². The Kier molecular flexibility index (Phi) is 7.71. The summed E-state index contributed by atoms with van der Waals surface area (Å²) < 4.78 is 62.1. The van der Waals surface area contributed by atoms with E-state index in [2.05, 4.69) is 0 Å². The molecule has 0 aromatic heterocycles. The van der Waals surface area contributed by atoms with Crippen LogP contribution >= 0.6 is 0 Å². The Morgan fingerprint density at radius 1 is 0.609 bits per heavy atom. The van der Waals surface area contributed by atoms with Crippen molar-refractivity contribution in [3.63, 3.8) is 0 Å². The van der Waals surface area contributed by atoms with Gasteiger partial charge in [0.2, 0.25) is 0 Å². The van der Waals surface area contributed by atoms with Crippen molar-refractivity contribution in [1.29, 1.82) is 0 Å². The molecule has 0 atom stereocenters. The molecule has 2 aromatic rings. The van der Waals surface area contributed by atoms with Crippen LogP contribution in [0.3, 0.4) is 0 Å². The predicted octanol–water partition coefficient (Wildman–Crippen LogP) is 0.343. The second kappa shape index (κ2) is 8.29. The predicted molar refractivity (Wildman–Crippen MR) is 77.6 cm³/mol. The molecule has 8 nitrogen and oxygen atoms in total. The van der Waals surface area contributed by atoms with Gasteiger partial charge in [-0.25, -0.2) is 16.8 Å². The summed E-state index contributed by atoms with van der Waals surface area (Å²) in [6.45, 7) is 0. The summed E-state index contributed by atoms with van der Waals surface area (Å²) in [6, 6.07) is 10.2. The van der Waals surface area contributed by atoms with E-state index in [0.29, 0.717) is 11.4 Å². The van der Waals surface area contributed by atoms with E-state index in [-0.39, 0.29) is 26.9 Å². The molecule has 11 heteroatoms. The summed E-state index contributed by atoms with van der Waals surface area (Å²) in [5, 5.41) is 0. The Labute approximate surface area is 144 Å². The first kappa shape index (κ1) is 21.4. The summed E-state index contributed by atoms with van der Waals surface area (Å²) in [5.41, 5.74) is 11.4. The number of rotatable bonds is 2. The zero-order chi connectivity index (χ0) is 17.0. The van der Waals surface area contributed by atoms with E-state index >= 15 is 0 Å². The number of benzene rings is 2. The maximum absolute atomic E-state index is 10.3. The van der Waals surface area contributed by atoms with Gasteiger partial charge in [0.15, 0.2) is 0 Å². The summed E-state index contributed by atoms with van der Waals surface area (Å²) in [4.78, 5) is -0.515. The van der Waals surface area contributed by atoms with Crippen molar-refractivity contribution in [1.82, 2.24) is 0 Å². The number of anilines is 2. The molecule has 2 aromatic carbocycles. The zero-order valence-corrected chi connectivity index (χ0v) is 14.1. The van der Waals surface area contributed by atoms with Crippen LogP contribution in [0.2, 0.25) is 0 Å². The number of hydrogen-bond donors (Lipinski definition) is 2. The summed E-state index contributed by atoms with van der Waals surface area (Å²) in [5.74, 6) is 0. The third kappa shape index (κ3) is 7.46. The summed E-state index contributed by atoms with van der Waals surface area (Å²) >= 11 is 0. The van der Waals surface area contributed by atoms with Crippen molar-refractivity contribution in [3.8, 4) is 0 Å². The van der Waals surface area contributed by atoms with Gasteiger partial charge in [-0.2, -0.15) is 0 Å². The fourth-order valence-electron chi connectivity index (χ4n) is 1.27. The smallest absolute Gasteiger partial charge is 0.744 e. The molecule has 0 radical (unpaired) electrons. The minimum Gasteiger partial charge on any atom is -0.744 e. The first-order valence-electron chi connectivity index (χ1n) is 5.63. The van der Waals surface area contributed by atoms with E-state index in [0.717, 1.165) is 0 Å². The van der Waals surface area contributed by atoms with Crippen LogP contribution in [0.25, 0.3) is 0 Å². The van der Waals surface area contributed by atoms with Gasteiger partial charge in [-0.3, -0.25) is 0 Å². The van der Waals surface area contributed by atoms with Gasteiger partial charge in [0.1, 0.15) is 20.2 Å². The Bertz CT molecular complexity index is 761. The average molecular weight is 400 g/mol. The molecule has 0 spiro atoms. The maximum atomic E-state index is 10.3. The molecular weight excluding hydrogens is 388 g/mol. The largest absolute Gasteiger partial charge is 2.00 e.